The highest BCUT2D eigenvalue weighted by atomic mass is 79.9. The van der Waals surface area contributed by atoms with E-state index < -0.39 is 5.97 Å². The largest absolute Gasteiger partial charge is 0.481 e. The number of hydrogen-bond acceptors (Lipinski definition) is 1. The number of hydrogen-bond donors (Lipinski definition) is 1. The van der Waals surface area contributed by atoms with Gasteiger partial charge in [-0.3, -0.25) is 4.79 Å². The SMILES string of the molecule is CCC(CC(=O)O)c1cccc(Br)c1C. The van der Waals surface area contributed by atoms with E-state index in [2.05, 4.69) is 15.9 Å². The molecule has 1 atom stereocenters. The highest BCUT2D eigenvalue weighted by Gasteiger charge is 2.16. The van der Waals surface area contributed by atoms with E-state index >= 15 is 0 Å². The molecule has 1 aromatic rings. The van der Waals surface area contributed by atoms with Crippen molar-refractivity contribution in [3.05, 3.63) is 33.8 Å². The molecule has 0 aliphatic rings. The molecule has 0 fully saturated rings. The molecule has 2 nitrogen and oxygen atoms in total. The third-order valence-electron chi connectivity index (χ3n) is 2.66. The number of carboxylic acids is 1. The van der Waals surface area contributed by atoms with Crippen LogP contribution in [-0.4, -0.2) is 11.1 Å². The molecule has 0 heterocycles. The number of halogens is 1. The summed E-state index contributed by atoms with van der Waals surface area (Å²) < 4.78 is 1.05. The second-order valence-corrected chi connectivity index (χ2v) is 4.51. The van der Waals surface area contributed by atoms with Crippen molar-refractivity contribution in [2.45, 2.75) is 32.6 Å². The summed E-state index contributed by atoms with van der Waals surface area (Å²) in [6.07, 6.45) is 1.05. The molecule has 0 radical (unpaired) electrons. The lowest BCUT2D eigenvalue weighted by molar-refractivity contribution is -0.137. The van der Waals surface area contributed by atoms with Crippen LogP contribution in [0.1, 0.15) is 36.8 Å². The Bertz CT molecular complexity index is 361. The molecule has 0 aromatic heterocycles. The first-order valence-corrected chi connectivity index (χ1v) is 5.82. The van der Waals surface area contributed by atoms with Crippen LogP contribution >= 0.6 is 15.9 Å². The Hall–Kier alpha value is -0.830. The Morgan fingerprint density at radius 3 is 2.73 bits per heavy atom. The quantitative estimate of drug-likeness (QED) is 0.906. The van der Waals surface area contributed by atoms with E-state index in [9.17, 15) is 4.79 Å². The molecule has 1 aromatic carbocycles. The van der Waals surface area contributed by atoms with Crippen molar-refractivity contribution in [3.63, 3.8) is 0 Å². The summed E-state index contributed by atoms with van der Waals surface area (Å²) in [6, 6.07) is 5.94. The van der Waals surface area contributed by atoms with Crippen LogP contribution in [0.3, 0.4) is 0 Å². The second-order valence-electron chi connectivity index (χ2n) is 3.66. The molecule has 3 heteroatoms. The monoisotopic (exact) mass is 270 g/mol. The van der Waals surface area contributed by atoms with Crippen molar-refractivity contribution in [2.75, 3.05) is 0 Å². The maximum absolute atomic E-state index is 10.7. The van der Waals surface area contributed by atoms with Crippen molar-refractivity contribution in [3.8, 4) is 0 Å². The Morgan fingerprint density at radius 2 is 2.20 bits per heavy atom. The van der Waals surface area contributed by atoms with E-state index in [0.717, 1.165) is 22.0 Å². The van der Waals surface area contributed by atoms with Crippen LogP contribution in [0.2, 0.25) is 0 Å². The van der Waals surface area contributed by atoms with Crippen molar-refractivity contribution in [2.24, 2.45) is 0 Å². The van der Waals surface area contributed by atoms with Crippen LogP contribution in [0.25, 0.3) is 0 Å². The van der Waals surface area contributed by atoms with Crippen LogP contribution in [-0.2, 0) is 4.79 Å². The van der Waals surface area contributed by atoms with Gasteiger partial charge in [-0.05, 0) is 36.5 Å². The van der Waals surface area contributed by atoms with Crippen molar-refractivity contribution in [1.29, 1.82) is 0 Å². The standard InChI is InChI=1S/C12H15BrO2/c1-3-9(7-12(14)15)10-5-4-6-11(13)8(10)2/h4-6,9H,3,7H2,1-2H3,(H,14,15). The Morgan fingerprint density at radius 1 is 1.53 bits per heavy atom. The number of rotatable bonds is 4. The van der Waals surface area contributed by atoms with Gasteiger partial charge < -0.3 is 5.11 Å². The third-order valence-corrected chi connectivity index (χ3v) is 3.52. The van der Waals surface area contributed by atoms with E-state index in [1.54, 1.807) is 0 Å². The molecule has 1 unspecified atom stereocenters. The molecule has 0 saturated carbocycles. The van der Waals surface area contributed by atoms with E-state index in [4.69, 9.17) is 5.11 Å². The molecule has 0 spiro atoms. The summed E-state index contributed by atoms with van der Waals surface area (Å²) in [4.78, 5) is 10.7. The summed E-state index contributed by atoms with van der Waals surface area (Å²) in [5.74, 6) is -0.624. The van der Waals surface area contributed by atoms with Gasteiger partial charge in [0.15, 0.2) is 0 Å². The molecular formula is C12H15BrO2. The molecule has 82 valence electrons. The summed E-state index contributed by atoms with van der Waals surface area (Å²) in [7, 11) is 0. The minimum absolute atomic E-state index is 0.111. The van der Waals surface area contributed by atoms with Gasteiger partial charge in [-0.2, -0.15) is 0 Å². The number of aliphatic carboxylic acids is 1. The van der Waals surface area contributed by atoms with Gasteiger partial charge in [0.2, 0.25) is 0 Å². The zero-order chi connectivity index (χ0) is 11.4. The van der Waals surface area contributed by atoms with Gasteiger partial charge in [0.25, 0.3) is 0 Å². The highest BCUT2D eigenvalue weighted by molar-refractivity contribution is 9.10. The highest BCUT2D eigenvalue weighted by Crippen LogP contribution is 2.30. The lowest BCUT2D eigenvalue weighted by atomic mass is 9.90. The molecule has 1 N–H and O–H groups in total. The summed E-state index contributed by atoms with van der Waals surface area (Å²) in [5.41, 5.74) is 2.28. The fourth-order valence-corrected chi connectivity index (χ4v) is 2.13. The summed E-state index contributed by atoms with van der Waals surface area (Å²) in [6.45, 7) is 4.04. The van der Waals surface area contributed by atoms with E-state index in [-0.39, 0.29) is 12.3 Å². The smallest absolute Gasteiger partial charge is 0.303 e. The lowest BCUT2D eigenvalue weighted by Gasteiger charge is -2.16. The average Bonchev–Trinajstić information content (AvgIpc) is 2.19. The van der Waals surface area contributed by atoms with Gasteiger partial charge in [0, 0.05) is 4.47 Å². The van der Waals surface area contributed by atoms with Crippen LogP contribution in [0.5, 0.6) is 0 Å². The fourth-order valence-electron chi connectivity index (χ4n) is 1.75. The third kappa shape index (κ3) is 3.06. The summed E-state index contributed by atoms with van der Waals surface area (Å²) in [5, 5.41) is 8.82. The van der Waals surface area contributed by atoms with Gasteiger partial charge >= 0.3 is 5.97 Å². The first-order valence-electron chi connectivity index (χ1n) is 5.03. The Kier molecular flexibility index (Phi) is 4.33. The predicted molar refractivity (Wildman–Crippen MR) is 64.2 cm³/mol. The number of carbonyl (C=O) groups is 1. The molecule has 15 heavy (non-hydrogen) atoms. The van der Waals surface area contributed by atoms with Gasteiger partial charge in [0.05, 0.1) is 6.42 Å². The van der Waals surface area contributed by atoms with Crippen LogP contribution in [0, 0.1) is 6.92 Å². The minimum atomic E-state index is -0.735. The predicted octanol–water partition coefficient (Wildman–Crippen LogP) is 3.73. The van der Waals surface area contributed by atoms with Crippen LogP contribution in [0.15, 0.2) is 22.7 Å². The van der Waals surface area contributed by atoms with E-state index in [1.165, 1.54) is 0 Å². The summed E-state index contributed by atoms with van der Waals surface area (Å²) >= 11 is 3.46. The molecule has 1 rings (SSSR count). The first kappa shape index (κ1) is 12.2. The molecular weight excluding hydrogens is 256 g/mol. The number of carboxylic acid groups (broad SMARTS) is 1. The van der Waals surface area contributed by atoms with E-state index in [0.29, 0.717) is 0 Å². The van der Waals surface area contributed by atoms with Gasteiger partial charge in [-0.25, -0.2) is 0 Å². The zero-order valence-corrected chi connectivity index (χ0v) is 10.5. The molecule has 0 saturated heterocycles. The maximum Gasteiger partial charge on any atom is 0.303 e. The zero-order valence-electron chi connectivity index (χ0n) is 8.96. The molecule has 0 bridgehead atoms. The molecule has 0 aliphatic carbocycles. The van der Waals surface area contributed by atoms with Crippen LogP contribution in [0.4, 0.5) is 0 Å². The van der Waals surface area contributed by atoms with Crippen molar-refractivity contribution in [1.82, 2.24) is 0 Å². The lowest BCUT2D eigenvalue weighted by Crippen LogP contribution is -2.07. The molecule has 0 amide bonds. The van der Waals surface area contributed by atoms with Gasteiger partial charge in [-0.1, -0.05) is 35.0 Å². The van der Waals surface area contributed by atoms with Crippen molar-refractivity contribution < 1.29 is 9.90 Å². The average molecular weight is 271 g/mol. The molecule has 0 aliphatic heterocycles. The van der Waals surface area contributed by atoms with E-state index in [1.807, 2.05) is 32.0 Å². The fraction of sp³-hybridized carbons (Fsp3) is 0.417. The first-order chi connectivity index (χ1) is 7.06. The minimum Gasteiger partial charge on any atom is -0.481 e. The van der Waals surface area contributed by atoms with Crippen LogP contribution < -0.4 is 0 Å². The topological polar surface area (TPSA) is 37.3 Å². The number of benzene rings is 1. The van der Waals surface area contributed by atoms with Gasteiger partial charge in [-0.15, -0.1) is 0 Å². The Balaban J connectivity index is 3.01. The maximum atomic E-state index is 10.7. The Labute approximate surface area is 98.4 Å². The second kappa shape index (κ2) is 5.31. The van der Waals surface area contributed by atoms with Gasteiger partial charge in [0.1, 0.15) is 0 Å². The normalized spacial score (nSPS) is 12.5. The van der Waals surface area contributed by atoms with Crippen molar-refractivity contribution >= 4 is 21.9 Å².